The van der Waals surface area contributed by atoms with Gasteiger partial charge in [-0.2, -0.15) is 0 Å². The Labute approximate surface area is 198 Å². The van der Waals surface area contributed by atoms with E-state index in [9.17, 15) is 4.79 Å². The number of para-hydroxylation sites is 1. The van der Waals surface area contributed by atoms with Crippen LogP contribution >= 0.6 is 11.6 Å². The third-order valence-corrected chi connectivity index (χ3v) is 6.52. The Kier molecular flexibility index (Phi) is 6.04. The number of likely N-dealkylation sites (tertiary alicyclic amines) is 1. The van der Waals surface area contributed by atoms with Crippen LogP contribution in [0.3, 0.4) is 0 Å². The Morgan fingerprint density at radius 2 is 1.70 bits per heavy atom. The summed E-state index contributed by atoms with van der Waals surface area (Å²) in [7, 11) is 1.82. The zero-order chi connectivity index (χ0) is 22.8. The molecule has 1 saturated heterocycles. The second-order valence-electron chi connectivity index (χ2n) is 8.40. The summed E-state index contributed by atoms with van der Waals surface area (Å²) in [5.74, 6) is 6.39. The first-order valence-corrected chi connectivity index (χ1v) is 11.6. The fraction of sp³-hybridized carbons (Fsp3) is 0.259. The molecule has 3 heterocycles. The number of nitrogens with zero attached hydrogens (tertiary/aromatic N) is 4. The number of halogens is 1. The van der Waals surface area contributed by atoms with Crippen molar-refractivity contribution in [3.63, 3.8) is 0 Å². The average molecular weight is 457 g/mol. The van der Waals surface area contributed by atoms with Crippen LogP contribution < -0.4 is 5.69 Å². The van der Waals surface area contributed by atoms with Gasteiger partial charge in [-0.25, -0.2) is 9.78 Å². The Hall–Kier alpha value is -3.33. The van der Waals surface area contributed by atoms with Crippen LogP contribution in [0.15, 0.2) is 65.6 Å². The van der Waals surface area contributed by atoms with Gasteiger partial charge in [0.25, 0.3) is 0 Å². The van der Waals surface area contributed by atoms with Crippen LogP contribution in [0.1, 0.15) is 24.1 Å². The van der Waals surface area contributed by atoms with E-state index in [1.807, 2.05) is 72.4 Å². The van der Waals surface area contributed by atoms with Crippen LogP contribution in [0.4, 0.5) is 0 Å². The van der Waals surface area contributed by atoms with Crippen LogP contribution in [-0.4, -0.2) is 38.7 Å². The average Bonchev–Trinajstić information content (AvgIpc) is 3.44. The van der Waals surface area contributed by atoms with Crippen LogP contribution in [0.5, 0.6) is 0 Å². The van der Waals surface area contributed by atoms with E-state index < -0.39 is 0 Å². The molecule has 2 aromatic heterocycles. The van der Waals surface area contributed by atoms with Gasteiger partial charge in [0.1, 0.15) is 5.69 Å². The molecule has 0 saturated carbocycles. The molecular formula is C27H25ClN4O. The molecule has 0 amide bonds. The normalized spacial score (nSPS) is 13.9. The predicted octanol–water partition coefficient (Wildman–Crippen LogP) is 4.55. The number of pyridine rings is 1. The van der Waals surface area contributed by atoms with Gasteiger partial charge in [0.2, 0.25) is 0 Å². The molecule has 5 nitrogen and oxygen atoms in total. The monoisotopic (exact) mass is 456 g/mol. The van der Waals surface area contributed by atoms with Crippen molar-refractivity contribution in [2.45, 2.75) is 19.4 Å². The highest BCUT2D eigenvalue weighted by Crippen LogP contribution is 2.21. The zero-order valence-electron chi connectivity index (χ0n) is 18.6. The lowest BCUT2D eigenvalue weighted by atomic mass is 10.1. The van der Waals surface area contributed by atoms with E-state index in [1.165, 1.54) is 12.8 Å². The lowest BCUT2D eigenvalue weighted by molar-refractivity contribution is 0.322. The minimum atomic E-state index is 0.00360. The van der Waals surface area contributed by atoms with Crippen molar-refractivity contribution in [2.75, 3.05) is 19.6 Å². The number of hydrogen-bond donors (Lipinski definition) is 0. The quantitative estimate of drug-likeness (QED) is 0.423. The lowest BCUT2D eigenvalue weighted by Gasteiger charge is -2.14. The van der Waals surface area contributed by atoms with Gasteiger partial charge < -0.3 is 4.90 Å². The molecule has 0 N–H and O–H groups in total. The summed E-state index contributed by atoms with van der Waals surface area (Å²) in [5.41, 5.74) is 5.38. The molecule has 0 aliphatic carbocycles. The maximum absolute atomic E-state index is 13.0. The van der Waals surface area contributed by atoms with E-state index in [4.69, 9.17) is 11.6 Å². The van der Waals surface area contributed by atoms with Gasteiger partial charge in [-0.3, -0.25) is 9.13 Å². The molecule has 6 heteroatoms. The topological polar surface area (TPSA) is 43.1 Å². The summed E-state index contributed by atoms with van der Waals surface area (Å²) in [5, 5.41) is 0.711. The van der Waals surface area contributed by atoms with Gasteiger partial charge in [0.15, 0.2) is 0 Å². The highest BCUT2D eigenvalue weighted by atomic mass is 35.5. The van der Waals surface area contributed by atoms with E-state index in [2.05, 4.69) is 21.7 Å². The van der Waals surface area contributed by atoms with Crippen LogP contribution in [0.25, 0.3) is 22.2 Å². The Morgan fingerprint density at radius 3 is 2.42 bits per heavy atom. The molecule has 1 aliphatic rings. The first-order valence-electron chi connectivity index (χ1n) is 11.2. The van der Waals surface area contributed by atoms with Crippen molar-refractivity contribution in [1.82, 2.24) is 19.0 Å². The molecule has 2 aromatic carbocycles. The minimum absolute atomic E-state index is 0.00360. The van der Waals surface area contributed by atoms with Crippen LogP contribution in [0.2, 0.25) is 5.02 Å². The third kappa shape index (κ3) is 4.45. The standard InChI is InChI=1S/C27H25ClN4O/c1-30-26-21(5-4-6-25(26)32(27(30)33)18-17-31-15-2-3-16-31)9-13-24-14-10-22(19-29-24)20-7-11-23(28)12-8-20/h4-8,10-12,14,19H,2-3,15-18H2,1H3. The molecule has 0 spiro atoms. The molecule has 33 heavy (non-hydrogen) atoms. The van der Waals surface area contributed by atoms with Crippen molar-refractivity contribution in [1.29, 1.82) is 0 Å². The molecule has 1 fully saturated rings. The Bertz CT molecular complexity index is 1400. The van der Waals surface area contributed by atoms with Crippen molar-refractivity contribution in [3.05, 3.63) is 87.6 Å². The van der Waals surface area contributed by atoms with Gasteiger partial charge in [-0.15, -0.1) is 0 Å². The maximum atomic E-state index is 13.0. The molecule has 4 aromatic rings. The molecule has 0 unspecified atom stereocenters. The van der Waals surface area contributed by atoms with E-state index in [1.54, 1.807) is 4.57 Å². The van der Waals surface area contributed by atoms with Gasteiger partial charge in [0.05, 0.1) is 16.6 Å². The highest BCUT2D eigenvalue weighted by molar-refractivity contribution is 6.30. The van der Waals surface area contributed by atoms with E-state index in [0.29, 0.717) is 17.3 Å². The van der Waals surface area contributed by atoms with Gasteiger partial charge in [0, 0.05) is 36.9 Å². The molecular weight excluding hydrogens is 432 g/mol. The minimum Gasteiger partial charge on any atom is -0.302 e. The number of imidazole rings is 1. The SMILES string of the molecule is Cn1c(=O)n(CCN2CCCC2)c2cccc(C#Cc3ccc(-c4ccc(Cl)cc4)cn3)c21. The van der Waals surface area contributed by atoms with Gasteiger partial charge >= 0.3 is 5.69 Å². The number of aromatic nitrogens is 3. The molecule has 1 aliphatic heterocycles. The van der Waals surface area contributed by atoms with Gasteiger partial charge in [-0.1, -0.05) is 41.8 Å². The Morgan fingerprint density at radius 1 is 0.939 bits per heavy atom. The second-order valence-corrected chi connectivity index (χ2v) is 8.84. The van der Waals surface area contributed by atoms with E-state index in [-0.39, 0.29) is 5.69 Å². The first-order chi connectivity index (χ1) is 16.1. The summed E-state index contributed by atoms with van der Waals surface area (Å²) < 4.78 is 3.58. The molecule has 0 radical (unpaired) electrons. The summed E-state index contributed by atoms with van der Waals surface area (Å²) in [6, 6.07) is 17.5. The van der Waals surface area contributed by atoms with Crippen molar-refractivity contribution in [2.24, 2.45) is 7.05 Å². The lowest BCUT2D eigenvalue weighted by Crippen LogP contribution is -2.29. The van der Waals surface area contributed by atoms with Crippen LogP contribution in [0, 0.1) is 11.8 Å². The molecule has 0 bridgehead atoms. The summed E-state index contributed by atoms with van der Waals surface area (Å²) in [6.45, 7) is 3.85. The number of hydrogen-bond acceptors (Lipinski definition) is 3. The fourth-order valence-electron chi connectivity index (χ4n) is 4.46. The smallest absolute Gasteiger partial charge is 0.302 e. The molecule has 0 atom stereocenters. The van der Waals surface area contributed by atoms with E-state index >= 15 is 0 Å². The van der Waals surface area contributed by atoms with Crippen molar-refractivity contribution >= 4 is 22.6 Å². The van der Waals surface area contributed by atoms with Crippen LogP contribution in [-0.2, 0) is 13.6 Å². The van der Waals surface area contributed by atoms with Crippen molar-refractivity contribution in [3.8, 4) is 23.0 Å². The number of fused-ring (bicyclic) bond motifs is 1. The highest BCUT2D eigenvalue weighted by Gasteiger charge is 2.16. The number of benzene rings is 2. The number of aryl methyl sites for hydroxylation is 1. The zero-order valence-corrected chi connectivity index (χ0v) is 19.3. The fourth-order valence-corrected chi connectivity index (χ4v) is 4.58. The molecule has 5 rings (SSSR count). The Balaban J connectivity index is 1.42. The second kappa shape index (κ2) is 9.27. The summed E-state index contributed by atoms with van der Waals surface area (Å²) in [6.07, 6.45) is 4.32. The predicted molar refractivity (Wildman–Crippen MR) is 134 cm³/mol. The largest absolute Gasteiger partial charge is 0.328 e. The van der Waals surface area contributed by atoms with Crippen molar-refractivity contribution < 1.29 is 0 Å². The summed E-state index contributed by atoms with van der Waals surface area (Å²) >= 11 is 5.98. The van der Waals surface area contributed by atoms with Gasteiger partial charge in [-0.05, 0) is 67.7 Å². The third-order valence-electron chi connectivity index (χ3n) is 6.26. The maximum Gasteiger partial charge on any atom is 0.328 e. The molecule has 166 valence electrons. The summed E-state index contributed by atoms with van der Waals surface area (Å²) in [4.78, 5) is 19.9. The first kappa shape index (κ1) is 21.5. The van der Waals surface area contributed by atoms with E-state index in [0.717, 1.165) is 47.4 Å². The number of rotatable bonds is 4.